The van der Waals surface area contributed by atoms with Gasteiger partial charge in [0.2, 0.25) is 0 Å². The second kappa shape index (κ2) is 4.94. The van der Waals surface area contributed by atoms with E-state index in [2.05, 4.69) is 0 Å². The van der Waals surface area contributed by atoms with Gasteiger partial charge in [-0.2, -0.15) is 13.2 Å². The lowest BCUT2D eigenvalue weighted by Crippen LogP contribution is -2.69. The predicted molar refractivity (Wildman–Crippen MR) is 86.0 cm³/mol. The van der Waals surface area contributed by atoms with E-state index in [1.807, 2.05) is 18.2 Å². The van der Waals surface area contributed by atoms with Crippen LogP contribution in [0.4, 0.5) is 13.2 Å². The van der Waals surface area contributed by atoms with Gasteiger partial charge in [0.15, 0.2) is 0 Å². The Hall–Kier alpha value is -1.76. The van der Waals surface area contributed by atoms with Crippen molar-refractivity contribution < 1.29 is 27.4 Å². The Bertz CT molecular complexity index is 795. The Morgan fingerprint density at radius 1 is 1.35 bits per heavy atom. The third kappa shape index (κ3) is 1.82. The maximum Gasteiger partial charge on any atom is 0.471 e. The van der Waals surface area contributed by atoms with E-state index in [0.29, 0.717) is 12.8 Å². The van der Waals surface area contributed by atoms with Gasteiger partial charge in [0, 0.05) is 12.0 Å². The molecule has 4 aliphatic rings. The quantitative estimate of drug-likeness (QED) is 0.717. The molecule has 2 bridgehead atoms. The molecule has 26 heavy (non-hydrogen) atoms. The van der Waals surface area contributed by atoms with Crippen LogP contribution in [0, 0.1) is 0 Å². The lowest BCUT2D eigenvalue weighted by atomic mass is 9.52. The van der Waals surface area contributed by atoms with Crippen molar-refractivity contribution in [2.24, 2.45) is 0 Å². The van der Waals surface area contributed by atoms with Gasteiger partial charge in [-0.3, -0.25) is 4.79 Å². The number of amides is 1. The fourth-order valence-corrected chi connectivity index (χ4v) is 5.97. The Morgan fingerprint density at radius 2 is 2.15 bits per heavy atom. The highest BCUT2D eigenvalue weighted by Crippen LogP contribution is 2.68. The number of epoxide rings is 1. The zero-order chi connectivity index (χ0) is 18.3. The highest BCUT2D eigenvalue weighted by molar-refractivity contribution is 5.83. The Balaban J connectivity index is 1.66. The maximum atomic E-state index is 13.2. The highest BCUT2D eigenvalue weighted by atomic mass is 19.4. The van der Waals surface area contributed by atoms with E-state index in [1.54, 1.807) is 7.11 Å². The van der Waals surface area contributed by atoms with E-state index in [-0.39, 0.29) is 18.1 Å². The van der Waals surface area contributed by atoms with Gasteiger partial charge < -0.3 is 14.4 Å². The van der Waals surface area contributed by atoms with Crippen molar-refractivity contribution in [3.8, 4) is 5.75 Å². The number of carbonyl (C=O) groups excluding carboxylic acids is 1. The van der Waals surface area contributed by atoms with Crippen molar-refractivity contribution in [2.45, 2.75) is 61.4 Å². The summed E-state index contributed by atoms with van der Waals surface area (Å²) in [5.74, 6) is -0.981. The monoisotopic (exact) mass is 367 g/mol. The minimum atomic E-state index is -4.85. The molecule has 1 aromatic carbocycles. The van der Waals surface area contributed by atoms with Crippen molar-refractivity contribution in [3.05, 3.63) is 29.3 Å². The van der Waals surface area contributed by atoms with Crippen LogP contribution in [0.5, 0.6) is 5.75 Å². The SMILES string of the molecule is COc1ccc2c(c1)[C@@]13CCCC4OC41[C@@H](C2)N(C(=O)C(F)(F)F)CC3. The molecule has 2 saturated heterocycles. The van der Waals surface area contributed by atoms with E-state index in [9.17, 15) is 18.0 Å². The Morgan fingerprint density at radius 3 is 2.88 bits per heavy atom. The fourth-order valence-electron chi connectivity index (χ4n) is 5.97. The van der Waals surface area contributed by atoms with Crippen molar-refractivity contribution >= 4 is 5.91 Å². The number of carbonyl (C=O) groups is 1. The molecule has 1 saturated carbocycles. The number of halogens is 3. The molecule has 7 heteroatoms. The fraction of sp³-hybridized carbons (Fsp3) is 0.632. The van der Waals surface area contributed by atoms with Crippen LogP contribution in [0.1, 0.15) is 36.8 Å². The number of rotatable bonds is 1. The number of methoxy groups -OCH3 is 1. The summed E-state index contributed by atoms with van der Waals surface area (Å²) in [6, 6.07) is 5.26. The molecule has 2 aliphatic carbocycles. The first-order valence-corrected chi connectivity index (χ1v) is 9.06. The lowest BCUT2D eigenvalue weighted by molar-refractivity contribution is -0.193. The molecule has 2 heterocycles. The molecule has 2 aliphatic heterocycles. The molecule has 1 amide bonds. The van der Waals surface area contributed by atoms with Crippen LogP contribution >= 0.6 is 0 Å². The summed E-state index contributed by atoms with van der Waals surface area (Å²) in [6.07, 6.45) is -1.27. The average molecular weight is 367 g/mol. The number of nitrogens with zero attached hydrogens (tertiary/aromatic N) is 1. The molecule has 1 aromatic rings. The molecule has 4 nitrogen and oxygen atoms in total. The molecule has 1 spiro atoms. The summed E-state index contributed by atoms with van der Waals surface area (Å²) in [6.45, 7) is 0.123. The van der Waals surface area contributed by atoms with Gasteiger partial charge in [-0.25, -0.2) is 0 Å². The topological polar surface area (TPSA) is 42.1 Å². The van der Waals surface area contributed by atoms with Crippen LogP contribution in [0.3, 0.4) is 0 Å². The van der Waals surface area contributed by atoms with Crippen LogP contribution in [-0.4, -0.2) is 48.4 Å². The summed E-state index contributed by atoms with van der Waals surface area (Å²) < 4.78 is 51.0. The van der Waals surface area contributed by atoms with Gasteiger partial charge in [-0.1, -0.05) is 6.07 Å². The normalized spacial score (nSPS) is 37.3. The maximum absolute atomic E-state index is 13.2. The van der Waals surface area contributed by atoms with E-state index >= 15 is 0 Å². The zero-order valence-electron chi connectivity index (χ0n) is 14.4. The summed E-state index contributed by atoms with van der Waals surface area (Å²) in [4.78, 5) is 13.1. The number of hydrogen-bond donors (Lipinski definition) is 0. The molecule has 3 fully saturated rings. The van der Waals surface area contributed by atoms with Gasteiger partial charge in [0.1, 0.15) is 11.4 Å². The number of benzene rings is 1. The molecule has 0 radical (unpaired) electrons. The van der Waals surface area contributed by atoms with E-state index in [4.69, 9.17) is 9.47 Å². The number of piperidine rings is 1. The number of ether oxygens (including phenoxy) is 2. The first-order chi connectivity index (χ1) is 12.3. The van der Waals surface area contributed by atoms with Crippen LogP contribution in [0.2, 0.25) is 0 Å². The predicted octanol–water partition coefficient (Wildman–Crippen LogP) is 2.97. The molecular formula is C19H20F3NO3. The van der Waals surface area contributed by atoms with Crippen molar-refractivity contribution in [1.29, 1.82) is 0 Å². The second-order valence-corrected chi connectivity index (χ2v) is 7.86. The minimum absolute atomic E-state index is 0.0514. The van der Waals surface area contributed by atoms with Crippen LogP contribution in [-0.2, 0) is 21.4 Å². The molecule has 0 N–H and O–H groups in total. The van der Waals surface area contributed by atoms with Crippen LogP contribution < -0.4 is 4.74 Å². The average Bonchev–Trinajstić information content (AvgIpc) is 3.34. The zero-order valence-corrected chi connectivity index (χ0v) is 14.4. The van der Waals surface area contributed by atoms with Crippen LogP contribution in [0.25, 0.3) is 0 Å². The second-order valence-electron chi connectivity index (χ2n) is 7.86. The number of likely N-dealkylation sites (tertiary alicyclic amines) is 1. The molecule has 2 unspecified atom stereocenters. The molecular weight excluding hydrogens is 347 g/mol. The first kappa shape index (κ1) is 16.4. The largest absolute Gasteiger partial charge is 0.497 e. The van der Waals surface area contributed by atoms with Gasteiger partial charge in [-0.15, -0.1) is 0 Å². The molecule has 140 valence electrons. The summed E-state index contributed by atoms with van der Waals surface area (Å²) >= 11 is 0. The van der Waals surface area contributed by atoms with Gasteiger partial charge >= 0.3 is 12.1 Å². The number of hydrogen-bond acceptors (Lipinski definition) is 3. The molecule has 0 aromatic heterocycles. The van der Waals surface area contributed by atoms with Gasteiger partial charge in [-0.05, 0) is 55.4 Å². The Labute approximate surface area is 149 Å². The van der Waals surface area contributed by atoms with Gasteiger partial charge in [0.25, 0.3) is 0 Å². The van der Waals surface area contributed by atoms with E-state index < -0.39 is 23.7 Å². The number of fused-ring (bicyclic) bond motifs is 1. The van der Waals surface area contributed by atoms with E-state index in [1.165, 1.54) is 0 Å². The summed E-state index contributed by atoms with van der Waals surface area (Å²) in [7, 11) is 1.61. The minimum Gasteiger partial charge on any atom is -0.497 e. The summed E-state index contributed by atoms with van der Waals surface area (Å²) in [5.41, 5.74) is 1.18. The smallest absolute Gasteiger partial charge is 0.471 e. The molecule has 5 rings (SSSR count). The third-order valence-corrected chi connectivity index (χ3v) is 6.98. The number of alkyl halides is 3. The van der Waals surface area contributed by atoms with Crippen molar-refractivity contribution in [2.75, 3.05) is 13.7 Å². The van der Waals surface area contributed by atoms with Crippen molar-refractivity contribution in [1.82, 2.24) is 4.90 Å². The van der Waals surface area contributed by atoms with Gasteiger partial charge in [0.05, 0.1) is 19.3 Å². The lowest BCUT2D eigenvalue weighted by Gasteiger charge is -2.57. The highest BCUT2D eigenvalue weighted by Gasteiger charge is 2.78. The summed E-state index contributed by atoms with van der Waals surface area (Å²) in [5, 5.41) is 0. The van der Waals surface area contributed by atoms with E-state index in [0.717, 1.165) is 41.0 Å². The standard InChI is InChI=1S/C19H20F3NO3/c1-25-12-5-4-11-9-14-18-15(26-18)3-2-6-17(18,13(11)10-12)7-8-23(14)16(24)19(20,21)22/h4-5,10,14-15H,2-3,6-9H2,1H3/t14-,15?,17+,18?/m1/s1. The first-order valence-electron chi connectivity index (χ1n) is 9.06. The van der Waals surface area contributed by atoms with Crippen molar-refractivity contribution in [3.63, 3.8) is 0 Å². The Kier molecular flexibility index (Phi) is 3.12. The third-order valence-electron chi connectivity index (χ3n) is 6.98. The molecule has 4 atom stereocenters. The van der Waals surface area contributed by atoms with Crippen LogP contribution in [0.15, 0.2) is 18.2 Å².